The summed E-state index contributed by atoms with van der Waals surface area (Å²) in [4.78, 5) is 30.1. The Balaban J connectivity index is 1.69. The monoisotopic (exact) mass is 402 g/mol. The number of carbonyl (C=O) groups is 2. The van der Waals surface area contributed by atoms with Crippen LogP contribution in [0.3, 0.4) is 0 Å². The molecule has 5 aliphatic rings. The van der Waals surface area contributed by atoms with Crippen LogP contribution in [0.2, 0.25) is 0 Å². The normalized spacial score (nSPS) is 38.1. The first-order valence-electron chi connectivity index (χ1n) is 10.2. The summed E-state index contributed by atoms with van der Waals surface area (Å²) < 4.78 is 6.07. The van der Waals surface area contributed by atoms with Crippen molar-refractivity contribution in [1.29, 1.82) is 0 Å². The number of benzene rings is 2. The average molecular weight is 402 g/mol. The minimum absolute atomic E-state index is 0.430. The van der Waals surface area contributed by atoms with Crippen molar-refractivity contribution in [3.63, 3.8) is 0 Å². The van der Waals surface area contributed by atoms with Gasteiger partial charge in [-0.2, -0.15) is 0 Å². The third-order valence-corrected chi connectivity index (χ3v) is 7.58. The molecule has 30 heavy (non-hydrogen) atoms. The maximum atomic E-state index is 13.5. The third kappa shape index (κ3) is 1.75. The van der Waals surface area contributed by atoms with Crippen molar-refractivity contribution in [2.45, 2.75) is 36.3 Å². The van der Waals surface area contributed by atoms with Gasteiger partial charge in [0.1, 0.15) is 11.3 Å². The number of nitrogens with zero attached hydrogens (tertiary/aromatic N) is 2. The Morgan fingerprint density at radius 1 is 1.00 bits per heavy atom. The van der Waals surface area contributed by atoms with Gasteiger partial charge in [0, 0.05) is 18.6 Å². The van der Waals surface area contributed by atoms with E-state index in [4.69, 9.17) is 4.74 Å². The number of rotatable bonds is 2. The number of methoxy groups -OCH3 is 1. The smallest absolute Gasteiger partial charge is 0.318 e. The first kappa shape index (κ1) is 17.9. The first-order chi connectivity index (χ1) is 14.4. The lowest BCUT2D eigenvalue weighted by atomic mass is 9.57. The molecule has 1 aliphatic carbocycles. The van der Waals surface area contributed by atoms with Gasteiger partial charge in [0.25, 0.3) is 0 Å². The molecule has 2 bridgehead atoms. The fraction of sp³-hybridized carbons (Fsp3) is 0.333. The lowest BCUT2D eigenvalue weighted by molar-refractivity contribution is -0.195. The van der Waals surface area contributed by atoms with Gasteiger partial charge in [-0.3, -0.25) is 19.4 Å². The van der Waals surface area contributed by atoms with Gasteiger partial charge in [0.05, 0.1) is 17.3 Å². The van der Waals surface area contributed by atoms with Crippen LogP contribution in [-0.4, -0.2) is 40.2 Å². The molecular weight excluding hydrogens is 380 g/mol. The van der Waals surface area contributed by atoms with E-state index in [1.54, 1.807) is 23.8 Å². The predicted molar refractivity (Wildman–Crippen MR) is 109 cm³/mol. The second-order valence-corrected chi connectivity index (χ2v) is 8.83. The van der Waals surface area contributed by atoms with Crippen LogP contribution < -0.4 is 4.90 Å². The second-order valence-electron chi connectivity index (χ2n) is 8.83. The SMILES string of the molecule is CO[C@@]12C=C[C@]34[C@H](C1)[C@@](C)(O)c1ccccc1N3C(=O)C(=O)N4[C@H]2c1ccccc1. The molecule has 0 saturated carbocycles. The Morgan fingerprint density at radius 2 is 1.70 bits per heavy atom. The van der Waals surface area contributed by atoms with Crippen molar-refractivity contribution in [2.75, 3.05) is 12.0 Å². The highest BCUT2D eigenvalue weighted by atomic mass is 16.5. The lowest BCUT2D eigenvalue weighted by Gasteiger charge is -2.66. The maximum Gasteiger partial charge on any atom is 0.318 e. The molecule has 2 fully saturated rings. The number of hydrogen-bond donors (Lipinski definition) is 1. The summed E-state index contributed by atoms with van der Waals surface area (Å²) in [5.74, 6) is -1.56. The van der Waals surface area contributed by atoms with Crippen LogP contribution in [0, 0.1) is 5.92 Å². The summed E-state index contributed by atoms with van der Waals surface area (Å²) in [7, 11) is 1.63. The highest BCUT2D eigenvalue weighted by Gasteiger charge is 2.75. The Kier molecular flexibility index (Phi) is 3.21. The molecule has 152 valence electrons. The molecule has 4 aliphatic heterocycles. The van der Waals surface area contributed by atoms with Crippen LogP contribution in [-0.2, 0) is 19.9 Å². The van der Waals surface area contributed by atoms with E-state index >= 15 is 0 Å². The number of amides is 2. The van der Waals surface area contributed by atoms with Crippen molar-refractivity contribution in [3.05, 3.63) is 77.9 Å². The molecule has 5 atom stereocenters. The van der Waals surface area contributed by atoms with Gasteiger partial charge >= 0.3 is 11.8 Å². The van der Waals surface area contributed by atoms with Crippen LogP contribution >= 0.6 is 0 Å². The van der Waals surface area contributed by atoms with Crippen LogP contribution in [0.5, 0.6) is 0 Å². The van der Waals surface area contributed by atoms with E-state index in [2.05, 4.69) is 0 Å². The van der Waals surface area contributed by atoms with Crippen LogP contribution in [0.1, 0.15) is 30.5 Å². The van der Waals surface area contributed by atoms with E-state index < -0.39 is 40.6 Å². The number of para-hydroxylation sites is 1. The van der Waals surface area contributed by atoms with Crippen molar-refractivity contribution in [2.24, 2.45) is 5.92 Å². The lowest BCUT2D eigenvalue weighted by Crippen LogP contribution is -2.75. The Bertz CT molecular complexity index is 1130. The first-order valence-corrected chi connectivity index (χ1v) is 10.2. The van der Waals surface area contributed by atoms with Gasteiger partial charge in [-0.15, -0.1) is 0 Å². The van der Waals surface area contributed by atoms with Crippen molar-refractivity contribution >= 4 is 17.5 Å². The largest absolute Gasteiger partial charge is 0.385 e. The fourth-order valence-electron chi connectivity index (χ4n) is 6.30. The van der Waals surface area contributed by atoms with Gasteiger partial charge in [0.2, 0.25) is 0 Å². The van der Waals surface area contributed by atoms with E-state index in [1.165, 1.54) is 0 Å². The zero-order valence-corrected chi connectivity index (χ0v) is 16.8. The molecule has 2 aromatic carbocycles. The molecule has 2 amide bonds. The molecule has 1 N–H and O–H groups in total. The summed E-state index contributed by atoms with van der Waals surface area (Å²) in [6.07, 6.45) is 4.37. The molecule has 0 unspecified atom stereocenters. The average Bonchev–Trinajstić information content (AvgIpc) is 3.00. The molecule has 6 heteroatoms. The molecule has 1 spiro atoms. The standard InChI is InChI=1S/C24H22N2O4/c1-22(29)16-10-6-7-11-17(16)25-20(27)21(28)26-19(15-8-4-3-5-9-15)23(30-2)12-13-24(25,26)18(22)14-23/h3-13,18-19,29H,14H2,1-2H3/t18-,19+,22+,23+,24+/m1/s1. The third-order valence-electron chi connectivity index (χ3n) is 7.58. The maximum absolute atomic E-state index is 13.5. The van der Waals surface area contributed by atoms with E-state index in [-0.39, 0.29) is 0 Å². The second kappa shape index (κ2) is 5.39. The Hall–Kier alpha value is -2.96. The number of carbonyl (C=O) groups excluding carboxylic acids is 2. The molecular formula is C24H22N2O4. The number of fused-ring (bicyclic) bond motifs is 2. The topological polar surface area (TPSA) is 70.1 Å². The Morgan fingerprint density at radius 3 is 2.43 bits per heavy atom. The number of piperidine rings is 1. The van der Waals surface area contributed by atoms with Crippen LogP contribution in [0.4, 0.5) is 5.69 Å². The van der Waals surface area contributed by atoms with Gasteiger partial charge in [0.15, 0.2) is 0 Å². The number of hydrogen-bond acceptors (Lipinski definition) is 4. The van der Waals surface area contributed by atoms with Gasteiger partial charge in [-0.05, 0) is 31.1 Å². The van der Waals surface area contributed by atoms with E-state index in [0.29, 0.717) is 17.7 Å². The quantitative estimate of drug-likeness (QED) is 0.619. The minimum atomic E-state index is -1.24. The van der Waals surface area contributed by atoms with E-state index in [1.807, 2.05) is 66.7 Å². The highest BCUT2D eigenvalue weighted by Crippen LogP contribution is 2.66. The predicted octanol–water partition coefficient (Wildman–Crippen LogP) is 2.50. The van der Waals surface area contributed by atoms with Crippen molar-refractivity contribution in [3.8, 4) is 0 Å². The highest BCUT2D eigenvalue weighted by molar-refractivity contribution is 6.44. The molecule has 0 radical (unpaired) electrons. The summed E-state index contributed by atoms with van der Waals surface area (Å²) >= 11 is 0. The molecule has 4 heterocycles. The van der Waals surface area contributed by atoms with Crippen molar-refractivity contribution in [1.82, 2.24) is 4.90 Å². The molecule has 6 nitrogen and oxygen atoms in total. The van der Waals surface area contributed by atoms with Gasteiger partial charge in [-0.25, -0.2) is 0 Å². The number of anilines is 1. The summed E-state index contributed by atoms with van der Waals surface area (Å²) in [6.45, 7) is 1.78. The zero-order chi connectivity index (χ0) is 20.9. The number of aliphatic hydroxyl groups is 1. The molecule has 2 saturated heterocycles. The van der Waals surface area contributed by atoms with E-state index in [9.17, 15) is 14.7 Å². The Labute approximate surface area is 174 Å². The van der Waals surface area contributed by atoms with Gasteiger partial charge < -0.3 is 9.84 Å². The van der Waals surface area contributed by atoms with Crippen LogP contribution in [0.15, 0.2) is 66.7 Å². The molecule has 2 aromatic rings. The number of ether oxygens (including phenoxy) is 1. The summed E-state index contributed by atoms with van der Waals surface area (Å²) in [5, 5.41) is 11.8. The zero-order valence-electron chi connectivity index (χ0n) is 16.8. The van der Waals surface area contributed by atoms with Crippen molar-refractivity contribution < 1.29 is 19.4 Å². The minimum Gasteiger partial charge on any atom is -0.385 e. The summed E-state index contributed by atoms with van der Waals surface area (Å²) in [6, 6.07) is 16.5. The molecule has 0 aromatic heterocycles. The van der Waals surface area contributed by atoms with E-state index in [0.717, 1.165) is 5.56 Å². The fourth-order valence-corrected chi connectivity index (χ4v) is 6.30. The van der Waals surface area contributed by atoms with Crippen LogP contribution in [0.25, 0.3) is 0 Å². The van der Waals surface area contributed by atoms with Gasteiger partial charge in [-0.1, -0.05) is 54.6 Å². The molecule has 7 rings (SSSR count). The summed E-state index contributed by atoms with van der Waals surface area (Å²) in [5.41, 5.74) is -0.993.